The number of hydrogen-bond acceptors (Lipinski definition) is 4. The Morgan fingerprint density at radius 2 is 2.24 bits per heavy atom. The molecule has 0 aliphatic heterocycles. The number of benzene rings is 1. The third-order valence-corrected chi connectivity index (χ3v) is 3.90. The lowest BCUT2D eigenvalue weighted by Gasteiger charge is -2.11. The summed E-state index contributed by atoms with van der Waals surface area (Å²) in [5.41, 5.74) is 1.09. The van der Waals surface area contributed by atoms with Crippen molar-refractivity contribution < 1.29 is 14.3 Å². The second-order valence-corrected chi connectivity index (χ2v) is 5.91. The standard InChI is InChI=1S/C15H21BrN2O3/c1-20-7-6-17-9-11-8-13(4-5-14(11)16)21-10-15(19)18-12-2-3-12/h4-5,8,12,17H,2-3,6-7,9-10H2,1H3,(H,18,19). The first-order valence-corrected chi connectivity index (χ1v) is 7.88. The van der Waals surface area contributed by atoms with Gasteiger partial charge in [0.1, 0.15) is 5.75 Å². The maximum atomic E-state index is 11.6. The van der Waals surface area contributed by atoms with Crippen LogP contribution in [0.3, 0.4) is 0 Å². The van der Waals surface area contributed by atoms with E-state index < -0.39 is 0 Å². The van der Waals surface area contributed by atoms with Crippen LogP contribution >= 0.6 is 15.9 Å². The second kappa shape index (κ2) is 8.36. The van der Waals surface area contributed by atoms with Crippen LogP contribution in [0.5, 0.6) is 5.75 Å². The van der Waals surface area contributed by atoms with E-state index in [0.29, 0.717) is 18.4 Å². The predicted octanol–water partition coefficient (Wildman–Crippen LogP) is 1.84. The number of carbonyl (C=O) groups is 1. The lowest BCUT2D eigenvalue weighted by molar-refractivity contribution is -0.123. The van der Waals surface area contributed by atoms with Crippen molar-refractivity contribution in [1.29, 1.82) is 0 Å². The number of carbonyl (C=O) groups excluding carboxylic acids is 1. The van der Waals surface area contributed by atoms with Crippen LogP contribution in [0.25, 0.3) is 0 Å². The van der Waals surface area contributed by atoms with Gasteiger partial charge in [0.25, 0.3) is 5.91 Å². The van der Waals surface area contributed by atoms with E-state index in [1.807, 2.05) is 18.2 Å². The third kappa shape index (κ3) is 6.03. The van der Waals surface area contributed by atoms with Gasteiger partial charge < -0.3 is 20.1 Å². The molecule has 6 heteroatoms. The van der Waals surface area contributed by atoms with E-state index in [9.17, 15) is 4.79 Å². The van der Waals surface area contributed by atoms with Gasteiger partial charge in [-0.2, -0.15) is 0 Å². The summed E-state index contributed by atoms with van der Waals surface area (Å²) in [5, 5.41) is 6.18. The van der Waals surface area contributed by atoms with Crippen LogP contribution < -0.4 is 15.4 Å². The Morgan fingerprint density at radius 1 is 1.43 bits per heavy atom. The highest BCUT2D eigenvalue weighted by Gasteiger charge is 2.23. The van der Waals surface area contributed by atoms with Gasteiger partial charge in [0.15, 0.2) is 6.61 Å². The van der Waals surface area contributed by atoms with Crippen molar-refractivity contribution >= 4 is 21.8 Å². The van der Waals surface area contributed by atoms with E-state index in [2.05, 4.69) is 26.6 Å². The fourth-order valence-electron chi connectivity index (χ4n) is 1.82. The molecule has 0 bridgehead atoms. The molecule has 0 atom stereocenters. The Morgan fingerprint density at radius 3 is 2.95 bits per heavy atom. The van der Waals surface area contributed by atoms with Crippen molar-refractivity contribution in [2.75, 3.05) is 26.9 Å². The Balaban J connectivity index is 1.80. The largest absolute Gasteiger partial charge is 0.484 e. The minimum Gasteiger partial charge on any atom is -0.484 e. The highest BCUT2D eigenvalue weighted by molar-refractivity contribution is 9.10. The van der Waals surface area contributed by atoms with Gasteiger partial charge in [-0.1, -0.05) is 15.9 Å². The Hall–Kier alpha value is -1.11. The highest BCUT2D eigenvalue weighted by Crippen LogP contribution is 2.23. The molecule has 0 spiro atoms. The van der Waals surface area contributed by atoms with Gasteiger partial charge in [-0.25, -0.2) is 0 Å². The molecule has 0 aromatic heterocycles. The van der Waals surface area contributed by atoms with Gasteiger partial charge >= 0.3 is 0 Å². The van der Waals surface area contributed by atoms with Crippen molar-refractivity contribution in [3.05, 3.63) is 28.2 Å². The minimum absolute atomic E-state index is 0.0554. The molecule has 2 rings (SSSR count). The maximum Gasteiger partial charge on any atom is 0.258 e. The number of hydrogen-bond donors (Lipinski definition) is 2. The monoisotopic (exact) mass is 356 g/mol. The fourth-order valence-corrected chi connectivity index (χ4v) is 2.21. The fraction of sp³-hybridized carbons (Fsp3) is 0.533. The number of halogens is 1. The summed E-state index contributed by atoms with van der Waals surface area (Å²) < 4.78 is 11.5. The first kappa shape index (κ1) is 16.3. The molecule has 21 heavy (non-hydrogen) atoms. The molecule has 116 valence electrons. The number of amides is 1. The summed E-state index contributed by atoms with van der Waals surface area (Å²) in [7, 11) is 1.68. The van der Waals surface area contributed by atoms with Crippen molar-refractivity contribution in [2.45, 2.75) is 25.4 Å². The van der Waals surface area contributed by atoms with Gasteiger partial charge in [-0.15, -0.1) is 0 Å². The average Bonchev–Trinajstić information content (AvgIpc) is 3.28. The smallest absolute Gasteiger partial charge is 0.258 e. The van der Waals surface area contributed by atoms with Crippen LogP contribution in [0.2, 0.25) is 0 Å². The molecular weight excluding hydrogens is 336 g/mol. The number of nitrogens with one attached hydrogen (secondary N) is 2. The minimum atomic E-state index is -0.0554. The van der Waals surface area contributed by atoms with Gasteiger partial charge in [0.2, 0.25) is 0 Å². The van der Waals surface area contributed by atoms with Crippen LogP contribution in [0.15, 0.2) is 22.7 Å². The van der Waals surface area contributed by atoms with Gasteiger partial charge in [0, 0.05) is 30.7 Å². The molecule has 0 unspecified atom stereocenters. The molecular formula is C15H21BrN2O3. The van der Waals surface area contributed by atoms with Crippen LogP contribution in [0.4, 0.5) is 0 Å². The summed E-state index contributed by atoms with van der Waals surface area (Å²) in [5.74, 6) is 0.646. The summed E-state index contributed by atoms with van der Waals surface area (Å²) in [4.78, 5) is 11.6. The molecule has 0 heterocycles. The average molecular weight is 357 g/mol. The van der Waals surface area contributed by atoms with Crippen molar-refractivity contribution in [2.24, 2.45) is 0 Å². The van der Waals surface area contributed by atoms with Crippen LogP contribution in [0, 0.1) is 0 Å². The Labute approximate surface area is 133 Å². The molecule has 0 radical (unpaired) electrons. The zero-order valence-corrected chi connectivity index (χ0v) is 13.7. The molecule has 1 aliphatic carbocycles. The quantitative estimate of drug-likeness (QED) is 0.663. The topological polar surface area (TPSA) is 59.6 Å². The lowest BCUT2D eigenvalue weighted by atomic mass is 10.2. The molecule has 1 aromatic rings. The SMILES string of the molecule is COCCNCc1cc(OCC(=O)NC2CC2)ccc1Br. The summed E-state index contributed by atoms with van der Waals surface area (Å²) in [6.45, 7) is 2.25. The van der Waals surface area contributed by atoms with E-state index >= 15 is 0 Å². The predicted molar refractivity (Wildman–Crippen MR) is 84.4 cm³/mol. The van der Waals surface area contributed by atoms with Gasteiger partial charge in [-0.05, 0) is 36.6 Å². The van der Waals surface area contributed by atoms with Crippen molar-refractivity contribution in [3.8, 4) is 5.75 Å². The zero-order chi connectivity index (χ0) is 15.1. The number of ether oxygens (including phenoxy) is 2. The number of rotatable bonds is 9. The molecule has 2 N–H and O–H groups in total. The first-order valence-electron chi connectivity index (χ1n) is 7.09. The summed E-state index contributed by atoms with van der Waals surface area (Å²) >= 11 is 3.51. The van der Waals surface area contributed by atoms with Gasteiger partial charge in [0.05, 0.1) is 6.61 Å². The highest BCUT2D eigenvalue weighted by atomic mass is 79.9. The van der Waals surface area contributed by atoms with Gasteiger partial charge in [-0.3, -0.25) is 4.79 Å². The zero-order valence-electron chi connectivity index (χ0n) is 12.2. The molecule has 1 aromatic carbocycles. The maximum absolute atomic E-state index is 11.6. The third-order valence-electron chi connectivity index (χ3n) is 3.13. The van der Waals surface area contributed by atoms with Crippen LogP contribution in [-0.2, 0) is 16.1 Å². The van der Waals surface area contributed by atoms with Crippen molar-refractivity contribution in [3.63, 3.8) is 0 Å². The van der Waals surface area contributed by atoms with Crippen molar-refractivity contribution in [1.82, 2.24) is 10.6 Å². The van der Waals surface area contributed by atoms with E-state index in [1.165, 1.54) is 0 Å². The normalized spacial score (nSPS) is 14.0. The van der Waals surface area contributed by atoms with Crippen LogP contribution in [-0.4, -0.2) is 38.8 Å². The Bertz CT molecular complexity index is 478. The molecule has 0 saturated heterocycles. The Kier molecular flexibility index (Phi) is 6.48. The van der Waals surface area contributed by atoms with E-state index in [1.54, 1.807) is 7.11 Å². The lowest BCUT2D eigenvalue weighted by Crippen LogP contribution is -2.30. The van der Waals surface area contributed by atoms with E-state index in [4.69, 9.17) is 9.47 Å². The summed E-state index contributed by atoms with van der Waals surface area (Å²) in [6.07, 6.45) is 2.17. The van der Waals surface area contributed by atoms with E-state index in [0.717, 1.165) is 36.0 Å². The second-order valence-electron chi connectivity index (χ2n) is 5.05. The molecule has 1 aliphatic rings. The van der Waals surface area contributed by atoms with Crippen LogP contribution in [0.1, 0.15) is 18.4 Å². The molecule has 1 amide bonds. The molecule has 1 fully saturated rings. The molecule has 5 nitrogen and oxygen atoms in total. The number of methoxy groups -OCH3 is 1. The van der Waals surface area contributed by atoms with E-state index in [-0.39, 0.29) is 12.5 Å². The first-order chi connectivity index (χ1) is 10.2. The summed E-state index contributed by atoms with van der Waals surface area (Å²) in [6, 6.07) is 6.09. The molecule has 1 saturated carbocycles.